The number of ether oxygens (including phenoxy) is 1. The van der Waals surface area contributed by atoms with Crippen LogP contribution in [0.25, 0.3) is 0 Å². The van der Waals surface area contributed by atoms with E-state index in [9.17, 15) is 5.11 Å². The summed E-state index contributed by atoms with van der Waals surface area (Å²) in [6.07, 6.45) is 0.507. The van der Waals surface area contributed by atoms with Gasteiger partial charge in [0.2, 0.25) is 0 Å². The number of halogens is 1. The van der Waals surface area contributed by atoms with Crippen molar-refractivity contribution in [3.8, 4) is 5.75 Å². The molecule has 2 aromatic carbocycles. The van der Waals surface area contributed by atoms with E-state index in [4.69, 9.17) is 4.74 Å². The lowest BCUT2D eigenvalue weighted by Gasteiger charge is -2.16. The van der Waals surface area contributed by atoms with Crippen molar-refractivity contribution >= 4 is 27.7 Å². The minimum atomic E-state index is -0.536. The zero-order valence-corrected chi connectivity index (χ0v) is 14.2. The molecule has 2 aromatic rings. The molecule has 0 aliphatic carbocycles. The van der Waals surface area contributed by atoms with Crippen LogP contribution in [0, 0.1) is 0 Å². The van der Waals surface area contributed by atoms with E-state index in [0.717, 1.165) is 22.2 Å². The van der Waals surface area contributed by atoms with Crippen LogP contribution in [0.3, 0.4) is 0 Å². The number of aliphatic hydroxyl groups excluding tert-OH is 1. The van der Waals surface area contributed by atoms with Gasteiger partial charge >= 0.3 is 0 Å². The number of aliphatic hydroxyl groups is 1. The Bertz CT molecular complexity index is 617. The molecule has 0 bridgehead atoms. The van der Waals surface area contributed by atoms with Gasteiger partial charge in [0.25, 0.3) is 0 Å². The van der Waals surface area contributed by atoms with E-state index in [2.05, 4.69) is 40.2 Å². The summed E-state index contributed by atoms with van der Waals surface area (Å²) in [6, 6.07) is 14.3. The molecule has 0 spiro atoms. The molecule has 1 aliphatic heterocycles. The van der Waals surface area contributed by atoms with Gasteiger partial charge < -0.3 is 9.84 Å². The Balaban J connectivity index is 1.67. The van der Waals surface area contributed by atoms with Gasteiger partial charge in [-0.25, -0.2) is 0 Å². The standard InChI is InChI=1S/C17H17BrO2S/c1-11(19)15-9-13(18)6-7-16(15)20-10-14-8-12-4-2-3-5-17(12)21-14/h2-7,9,11,14,19H,8,10H2,1H3/t11-,14?/m0/s1. The van der Waals surface area contributed by atoms with Crippen molar-refractivity contribution in [2.24, 2.45) is 0 Å². The molecule has 3 rings (SSSR count). The average molecular weight is 365 g/mol. The molecule has 21 heavy (non-hydrogen) atoms. The van der Waals surface area contributed by atoms with Crippen LogP contribution in [0.1, 0.15) is 24.2 Å². The molecule has 0 saturated heterocycles. The molecule has 2 nitrogen and oxygen atoms in total. The normalized spacial score (nSPS) is 18.3. The molecule has 0 fully saturated rings. The first-order valence-electron chi connectivity index (χ1n) is 6.98. The molecule has 0 saturated carbocycles. The van der Waals surface area contributed by atoms with Gasteiger partial charge in [-0.05, 0) is 43.2 Å². The Morgan fingerprint density at radius 2 is 2.14 bits per heavy atom. The van der Waals surface area contributed by atoms with Gasteiger partial charge in [0.05, 0.1) is 6.10 Å². The second-order valence-corrected chi connectivity index (χ2v) is 7.48. The fourth-order valence-corrected chi connectivity index (χ4v) is 4.10. The van der Waals surface area contributed by atoms with Gasteiger partial charge in [0.1, 0.15) is 12.4 Å². The maximum atomic E-state index is 9.86. The van der Waals surface area contributed by atoms with E-state index < -0.39 is 6.10 Å². The Morgan fingerprint density at radius 1 is 1.33 bits per heavy atom. The number of hydrogen-bond acceptors (Lipinski definition) is 3. The van der Waals surface area contributed by atoms with Crippen LogP contribution in [-0.2, 0) is 6.42 Å². The van der Waals surface area contributed by atoms with Crippen molar-refractivity contribution in [2.75, 3.05) is 6.61 Å². The fourth-order valence-electron chi connectivity index (χ4n) is 2.51. The maximum absolute atomic E-state index is 9.86. The van der Waals surface area contributed by atoms with Crippen LogP contribution < -0.4 is 4.74 Å². The van der Waals surface area contributed by atoms with Gasteiger partial charge in [-0.1, -0.05) is 34.1 Å². The summed E-state index contributed by atoms with van der Waals surface area (Å²) in [7, 11) is 0. The largest absolute Gasteiger partial charge is 0.492 e. The monoisotopic (exact) mass is 364 g/mol. The summed E-state index contributed by atoms with van der Waals surface area (Å²) in [4.78, 5) is 1.36. The first-order chi connectivity index (χ1) is 10.1. The van der Waals surface area contributed by atoms with Crippen LogP contribution in [0.4, 0.5) is 0 Å². The van der Waals surface area contributed by atoms with Gasteiger partial charge in [-0.3, -0.25) is 0 Å². The highest BCUT2D eigenvalue weighted by Gasteiger charge is 2.22. The molecule has 0 amide bonds. The van der Waals surface area contributed by atoms with E-state index >= 15 is 0 Å². The Morgan fingerprint density at radius 3 is 2.90 bits per heavy atom. The quantitative estimate of drug-likeness (QED) is 0.859. The summed E-state index contributed by atoms with van der Waals surface area (Å²) in [6.45, 7) is 2.41. The molecule has 1 heterocycles. The number of benzene rings is 2. The summed E-state index contributed by atoms with van der Waals surface area (Å²) in [5.41, 5.74) is 2.23. The third kappa shape index (κ3) is 3.44. The van der Waals surface area contributed by atoms with E-state index in [1.807, 2.05) is 30.0 Å². The van der Waals surface area contributed by atoms with Crippen molar-refractivity contribution in [3.63, 3.8) is 0 Å². The first kappa shape index (κ1) is 14.9. The smallest absolute Gasteiger partial charge is 0.125 e. The lowest BCUT2D eigenvalue weighted by molar-refractivity contribution is 0.191. The van der Waals surface area contributed by atoms with E-state index in [1.54, 1.807) is 6.92 Å². The van der Waals surface area contributed by atoms with Gasteiger partial charge in [-0.15, -0.1) is 11.8 Å². The maximum Gasteiger partial charge on any atom is 0.125 e. The fraction of sp³-hybridized carbons (Fsp3) is 0.294. The van der Waals surface area contributed by atoms with Crippen molar-refractivity contribution in [1.29, 1.82) is 0 Å². The SMILES string of the molecule is C[C@H](O)c1cc(Br)ccc1OCC1Cc2ccccc2S1. The molecule has 4 heteroatoms. The minimum absolute atomic E-state index is 0.438. The highest BCUT2D eigenvalue weighted by molar-refractivity contribution is 9.10. The molecule has 1 unspecified atom stereocenters. The molecule has 0 aromatic heterocycles. The Kier molecular flexibility index (Phi) is 4.57. The minimum Gasteiger partial charge on any atom is -0.492 e. The Hall–Kier alpha value is -0.970. The molecule has 110 valence electrons. The lowest BCUT2D eigenvalue weighted by atomic mass is 10.1. The summed E-state index contributed by atoms with van der Waals surface area (Å²) in [5.74, 6) is 0.768. The molecule has 2 atom stereocenters. The zero-order valence-electron chi connectivity index (χ0n) is 11.8. The summed E-state index contributed by atoms with van der Waals surface area (Å²) < 4.78 is 6.92. The summed E-state index contributed by atoms with van der Waals surface area (Å²) >= 11 is 5.31. The predicted molar refractivity (Wildman–Crippen MR) is 90.1 cm³/mol. The number of hydrogen-bond donors (Lipinski definition) is 1. The molecule has 1 aliphatic rings. The van der Waals surface area contributed by atoms with Gasteiger partial charge in [-0.2, -0.15) is 0 Å². The van der Waals surface area contributed by atoms with E-state index in [-0.39, 0.29) is 0 Å². The highest BCUT2D eigenvalue weighted by Crippen LogP contribution is 2.37. The molecule has 0 radical (unpaired) electrons. The highest BCUT2D eigenvalue weighted by atomic mass is 79.9. The molecular weight excluding hydrogens is 348 g/mol. The van der Waals surface area contributed by atoms with Crippen LogP contribution >= 0.6 is 27.7 Å². The Labute approximate surface area is 137 Å². The number of fused-ring (bicyclic) bond motifs is 1. The second kappa shape index (κ2) is 6.42. The van der Waals surface area contributed by atoms with Crippen LogP contribution in [0.2, 0.25) is 0 Å². The van der Waals surface area contributed by atoms with E-state index in [1.165, 1.54) is 10.5 Å². The van der Waals surface area contributed by atoms with Crippen molar-refractivity contribution in [1.82, 2.24) is 0 Å². The average Bonchev–Trinajstić information content (AvgIpc) is 2.88. The third-order valence-corrected chi connectivity index (χ3v) is 5.34. The van der Waals surface area contributed by atoms with Crippen molar-refractivity contribution in [3.05, 3.63) is 58.1 Å². The van der Waals surface area contributed by atoms with Crippen LogP contribution in [0.15, 0.2) is 51.8 Å². The zero-order chi connectivity index (χ0) is 14.8. The van der Waals surface area contributed by atoms with E-state index in [0.29, 0.717) is 11.9 Å². The topological polar surface area (TPSA) is 29.5 Å². The van der Waals surface area contributed by atoms with Crippen LogP contribution in [0.5, 0.6) is 5.75 Å². The molecule has 1 N–H and O–H groups in total. The van der Waals surface area contributed by atoms with Gasteiger partial charge in [0.15, 0.2) is 0 Å². The number of rotatable bonds is 4. The molecular formula is C17H17BrO2S. The second-order valence-electron chi connectivity index (χ2n) is 5.22. The van der Waals surface area contributed by atoms with Crippen molar-refractivity contribution < 1.29 is 9.84 Å². The first-order valence-corrected chi connectivity index (χ1v) is 8.65. The predicted octanol–water partition coefficient (Wildman–Crippen LogP) is 4.60. The number of thioether (sulfide) groups is 1. The lowest BCUT2D eigenvalue weighted by Crippen LogP contribution is -2.14. The third-order valence-electron chi connectivity index (χ3n) is 3.56. The van der Waals surface area contributed by atoms with Gasteiger partial charge in [0, 0.05) is 20.2 Å². The summed E-state index contributed by atoms with van der Waals surface area (Å²) in [5, 5.41) is 10.3. The van der Waals surface area contributed by atoms with Crippen LogP contribution in [-0.4, -0.2) is 17.0 Å². The van der Waals surface area contributed by atoms with Crippen molar-refractivity contribution in [2.45, 2.75) is 29.6 Å².